The van der Waals surface area contributed by atoms with Crippen LogP contribution >= 0.6 is 0 Å². The molecule has 1 heterocycles. The Kier molecular flexibility index (Phi) is 6.67. The van der Waals surface area contributed by atoms with Crippen molar-refractivity contribution in [1.29, 1.82) is 0 Å². The maximum absolute atomic E-state index is 11.9. The average molecular weight is 270 g/mol. The fraction of sp³-hybridized carbons (Fsp3) is 0.857. The second-order valence-electron chi connectivity index (χ2n) is 5.56. The van der Waals surface area contributed by atoms with Gasteiger partial charge >= 0.3 is 12.0 Å². The van der Waals surface area contributed by atoms with E-state index in [1.807, 2.05) is 11.8 Å². The van der Waals surface area contributed by atoms with E-state index in [4.69, 9.17) is 5.11 Å². The van der Waals surface area contributed by atoms with Crippen LogP contribution in [0.4, 0.5) is 4.79 Å². The molecule has 0 saturated carbocycles. The molecule has 1 aliphatic rings. The van der Waals surface area contributed by atoms with Crippen molar-refractivity contribution in [1.82, 2.24) is 10.2 Å². The molecule has 1 saturated heterocycles. The van der Waals surface area contributed by atoms with E-state index in [1.54, 1.807) is 0 Å². The first-order valence-corrected chi connectivity index (χ1v) is 7.27. The number of rotatable bonds is 6. The zero-order chi connectivity index (χ0) is 14.3. The molecule has 0 bridgehead atoms. The van der Waals surface area contributed by atoms with Gasteiger partial charge in [-0.25, -0.2) is 4.79 Å². The van der Waals surface area contributed by atoms with Crippen LogP contribution in [-0.2, 0) is 4.79 Å². The summed E-state index contributed by atoms with van der Waals surface area (Å²) in [6, 6.07) is -0.00303. The zero-order valence-corrected chi connectivity index (χ0v) is 12.0. The largest absolute Gasteiger partial charge is 0.481 e. The molecular formula is C14H26N2O3. The van der Waals surface area contributed by atoms with Crippen LogP contribution in [0.5, 0.6) is 0 Å². The molecule has 1 fully saturated rings. The molecule has 2 N–H and O–H groups in total. The Labute approximate surface area is 115 Å². The van der Waals surface area contributed by atoms with E-state index < -0.39 is 5.97 Å². The number of carboxylic acids is 1. The van der Waals surface area contributed by atoms with E-state index in [1.165, 1.54) is 6.42 Å². The van der Waals surface area contributed by atoms with Crippen LogP contribution in [0.15, 0.2) is 0 Å². The number of nitrogens with zero attached hydrogens (tertiary/aromatic N) is 1. The number of hydrogen-bond acceptors (Lipinski definition) is 2. The summed E-state index contributed by atoms with van der Waals surface area (Å²) in [5.41, 5.74) is 0. The van der Waals surface area contributed by atoms with Gasteiger partial charge in [0, 0.05) is 26.1 Å². The number of carbonyl (C=O) groups is 2. The summed E-state index contributed by atoms with van der Waals surface area (Å²) in [7, 11) is 0. The van der Waals surface area contributed by atoms with Crippen molar-refractivity contribution >= 4 is 12.0 Å². The van der Waals surface area contributed by atoms with Crippen molar-refractivity contribution in [3.05, 3.63) is 0 Å². The summed E-state index contributed by atoms with van der Waals surface area (Å²) in [4.78, 5) is 24.3. The summed E-state index contributed by atoms with van der Waals surface area (Å²) < 4.78 is 0. The lowest BCUT2D eigenvalue weighted by Gasteiger charge is -2.31. The monoisotopic (exact) mass is 270 g/mol. The van der Waals surface area contributed by atoms with Gasteiger partial charge in [0.05, 0.1) is 0 Å². The van der Waals surface area contributed by atoms with Crippen LogP contribution in [0.3, 0.4) is 0 Å². The standard InChI is InChI=1S/C14H26N2O3/c1-3-12-6-8-16(9-7-12)14(19)15-10-11(2)4-5-13(17)18/h11-12H,3-10H2,1-2H3,(H,15,19)(H,17,18). The molecule has 1 rings (SSSR count). The molecule has 5 heteroatoms. The second kappa shape index (κ2) is 8.02. The molecule has 0 aromatic rings. The molecular weight excluding hydrogens is 244 g/mol. The SMILES string of the molecule is CCC1CCN(C(=O)NCC(C)CCC(=O)O)CC1. The topological polar surface area (TPSA) is 69.6 Å². The Morgan fingerprint density at radius 3 is 2.53 bits per heavy atom. The highest BCUT2D eigenvalue weighted by atomic mass is 16.4. The van der Waals surface area contributed by atoms with Gasteiger partial charge in [-0.2, -0.15) is 0 Å². The third kappa shape index (κ3) is 5.94. The first-order chi connectivity index (χ1) is 9.02. The molecule has 0 aromatic carbocycles. The Morgan fingerprint density at radius 1 is 1.37 bits per heavy atom. The predicted octanol–water partition coefficient (Wildman–Crippen LogP) is 2.32. The van der Waals surface area contributed by atoms with Crippen LogP contribution in [0.1, 0.15) is 46.0 Å². The van der Waals surface area contributed by atoms with Crippen molar-refractivity contribution in [2.75, 3.05) is 19.6 Å². The van der Waals surface area contributed by atoms with Gasteiger partial charge in [-0.1, -0.05) is 20.3 Å². The molecule has 1 aliphatic heterocycles. The Hall–Kier alpha value is -1.26. The summed E-state index contributed by atoms with van der Waals surface area (Å²) in [5, 5.41) is 11.5. The van der Waals surface area contributed by atoms with Crippen LogP contribution in [0, 0.1) is 11.8 Å². The molecule has 0 spiro atoms. The van der Waals surface area contributed by atoms with Crippen LogP contribution in [-0.4, -0.2) is 41.6 Å². The van der Waals surface area contributed by atoms with Gasteiger partial charge in [0.1, 0.15) is 0 Å². The Bertz CT molecular complexity index is 299. The summed E-state index contributed by atoms with van der Waals surface area (Å²) in [6.45, 7) is 6.40. The minimum Gasteiger partial charge on any atom is -0.481 e. The first kappa shape index (κ1) is 15.8. The predicted molar refractivity (Wildman–Crippen MR) is 74.0 cm³/mol. The van der Waals surface area contributed by atoms with E-state index >= 15 is 0 Å². The Balaban J connectivity index is 2.19. The van der Waals surface area contributed by atoms with Gasteiger partial charge < -0.3 is 15.3 Å². The first-order valence-electron chi connectivity index (χ1n) is 7.27. The minimum atomic E-state index is -0.778. The quantitative estimate of drug-likeness (QED) is 0.778. The van der Waals surface area contributed by atoms with Crippen molar-refractivity contribution < 1.29 is 14.7 Å². The van der Waals surface area contributed by atoms with E-state index in [0.717, 1.165) is 31.8 Å². The number of carboxylic acid groups (broad SMARTS) is 1. The summed E-state index contributed by atoms with van der Waals surface area (Å²) >= 11 is 0. The second-order valence-corrected chi connectivity index (χ2v) is 5.56. The lowest BCUT2D eigenvalue weighted by atomic mass is 9.95. The molecule has 0 aliphatic carbocycles. The molecule has 0 aromatic heterocycles. The van der Waals surface area contributed by atoms with Crippen LogP contribution < -0.4 is 5.32 Å². The van der Waals surface area contributed by atoms with Crippen LogP contribution in [0.2, 0.25) is 0 Å². The molecule has 1 unspecified atom stereocenters. The fourth-order valence-electron chi connectivity index (χ4n) is 2.39. The van der Waals surface area contributed by atoms with Gasteiger partial charge in [0.25, 0.3) is 0 Å². The molecule has 1 atom stereocenters. The van der Waals surface area contributed by atoms with Gasteiger partial charge in [-0.15, -0.1) is 0 Å². The van der Waals surface area contributed by atoms with E-state index in [-0.39, 0.29) is 18.4 Å². The number of nitrogens with one attached hydrogen (secondary N) is 1. The normalized spacial score (nSPS) is 18.1. The molecule has 2 amide bonds. The maximum atomic E-state index is 11.9. The number of piperidine rings is 1. The zero-order valence-electron chi connectivity index (χ0n) is 12.0. The van der Waals surface area contributed by atoms with E-state index in [2.05, 4.69) is 12.2 Å². The van der Waals surface area contributed by atoms with Gasteiger partial charge in [0.2, 0.25) is 0 Å². The lowest BCUT2D eigenvalue weighted by Crippen LogP contribution is -2.45. The van der Waals surface area contributed by atoms with Gasteiger partial charge in [-0.05, 0) is 31.1 Å². The number of aliphatic carboxylic acids is 1. The number of likely N-dealkylation sites (tertiary alicyclic amines) is 1. The minimum absolute atomic E-state index is 0.00303. The number of carbonyl (C=O) groups excluding carboxylic acids is 1. The van der Waals surface area contributed by atoms with Crippen molar-refractivity contribution in [2.45, 2.75) is 46.0 Å². The van der Waals surface area contributed by atoms with Crippen molar-refractivity contribution in [3.63, 3.8) is 0 Å². The molecule has 0 radical (unpaired) electrons. The number of amides is 2. The Morgan fingerprint density at radius 2 is 2.00 bits per heavy atom. The number of hydrogen-bond donors (Lipinski definition) is 2. The molecule has 110 valence electrons. The third-order valence-electron chi connectivity index (χ3n) is 3.93. The van der Waals surface area contributed by atoms with E-state index in [9.17, 15) is 9.59 Å². The highest BCUT2D eigenvalue weighted by Gasteiger charge is 2.21. The highest BCUT2D eigenvalue weighted by Crippen LogP contribution is 2.19. The highest BCUT2D eigenvalue weighted by molar-refractivity contribution is 5.74. The van der Waals surface area contributed by atoms with Gasteiger partial charge in [-0.3, -0.25) is 4.79 Å². The molecule has 19 heavy (non-hydrogen) atoms. The third-order valence-corrected chi connectivity index (χ3v) is 3.93. The smallest absolute Gasteiger partial charge is 0.317 e. The van der Waals surface area contributed by atoms with Gasteiger partial charge in [0.15, 0.2) is 0 Å². The van der Waals surface area contributed by atoms with Crippen LogP contribution in [0.25, 0.3) is 0 Å². The summed E-state index contributed by atoms with van der Waals surface area (Å²) in [6.07, 6.45) is 4.16. The van der Waals surface area contributed by atoms with Crippen molar-refractivity contribution in [2.24, 2.45) is 11.8 Å². The van der Waals surface area contributed by atoms with Crippen molar-refractivity contribution in [3.8, 4) is 0 Å². The summed E-state index contributed by atoms with van der Waals surface area (Å²) in [5.74, 6) is 0.187. The maximum Gasteiger partial charge on any atom is 0.317 e. The average Bonchev–Trinajstić information content (AvgIpc) is 2.42. The molecule has 5 nitrogen and oxygen atoms in total. The number of urea groups is 1. The van der Waals surface area contributed by atoms with E-state index in [0.29, 0.717) is 13.0 Å². The fourth-order valence-corrected chi connectivity index (χ4v) is 2.39. The lowest BCUT2D eigenvalue weighted by molar-refractivity contribution is -0.137.